The van der Waals surface area contributed by atoms with E-state index in [1.807, 2.05) is 13.8 Å². The van der Waals surface area contributed by atoms with Crippen LogP contribution in [0.3, 0.4) is 0 Å². The molecule has 7 atom stereocenters. The van der Waals surface area contributed by atoms with Crippen molar-refractivity contribution < 1.29 is 39.7 Å². The summed E-state index contributed by atoms with van der Waals surface area (Å²) in [5.74, 6) is -1.98. The highest BCUT2D eigenvalue weighted by Crippen LogP contribution is 2.61. The lowest BCUT2D eigenvalue weighted by atomic mass is 9.48. The maximum absolute atomic E-state index is 13.2. The Bertz CT molecular complexity index is 1170. The number of hydrogen-bond donors (Lipinski definition) is 4. The molecule has 0 aromatic heterocycles. The van der Waals surface area contributed by atoms with E-state index in [-0.39, 0.29) is 36.4 Å². The predicted octanol–water partition coefficient (Wildman–Crippen LogP) is 4.98. The predicted molar refractivity (Wildman–Crippen MR) is 149 cm³/mol. The first-order chi connectivity index (χ1) is 18.9. The number of fused-ring (bicyclic) bond motifs is 4. The normalized spacial score (nSPS) is 36.6. The van der Waals surface area contributed by atoms with Gasteiger partial charge >= 0.3 is 5.97 Å². The van der Waals surface area contributed by atoms with E-state index in [0.29, 0.717) is 30.4 Å². The number of aliphatic hydroxyl groups excluding tert-OH is 2. The molecular weight excluding hydrogens is 512 g/mol. The van der Waals surface area contributed by atoms with E-state index in [1.165, 1.54) is 0 Å². The van der Waals surface area contributed by atoms with Crippen molar-refractivity contribution in [1.29, 1.82) is 0 Å². The molecule has 40 heavy (non-hydrogen) atoms. The molecule has 0 spiro atoms. The number of hydrogen-bond acceptors (Lipinski definition) is 8. The third-order valence-electron chi connectivity index (χ3n) is 10.5. The third-order valence-corrected chi connectivity index (χ3v) is 10.5. The van der Waals surface area contributed by atoms with E-state index in [9.17, 15) is 25.2 Å². The molecule has 8 heteroatoms. The van der Waals surface area contributed by atoms with Crippen molar-refractivity contribution in [2.24, 2.45) is 17.3 Å². The Morgan fingerprint density at radius 2 is 1.88 bits per heavy atom. The largest absolute Gasteiger partial charge is 0.507 e. The summed E-state index contributed by atoms with van der Waals surface area (Å²) in [4.78, 5) is 24.6. The summed E-state index contributed by atoms with van der Waals surface area (Å²) in [6.45, 7) is 9.49. The standard InChI is InChI=1S/C32H46O8/c1-6-7-8-9-10-21-13-19-14-23(34)26-18(2)25(19)28(38-21)27-24(35)15-20(17-33)22-16-30(3,4)32(22,37)12-11-31(27,5)40-39-29(26)36/h14-15,21-22,24,27-28,33-35,37H,6-13,16-17H2,1-5H3/t21-,22-,24+,27-,28+,31+,32+/m1/s1. The zero-order valence-corrected chi connectivity index (χ0v) is 24.5. The van der Waals surface area contributed by atoms with E-state index < -0.39 is 40.7 Å². The summed E-state index contributed by atoms with van der Waals surface area (Å²) in [6, 6.07) is 1.64. The first-order valence-electron chi connectivity index (χ1n) is 15.0. The summed E-state index contributed by atoms with van der Waals surface area (Å²) in [7, 11) is 0. The number of rotatable bonds is 6. The molecule has 0 radical (unpaired) electrons. The van der Waals surface area contributed by atoms with Crippen molar-refractivity contribution >= 4 is 5.97 Å². The van der Waals surface area contributed by atoms with Gasteiger partial charge in [-0.25, -0.2) is 4.79 Å². The molecule has 2 aliphatic heterocycles. The van der Waals surface area contributed by atoms with Crippen LogP contribution < -0.4 is 0 Å². The van der Waals surface area contributed by atoms with Crippen molar-refractivity contribution in [2.75, 3.05) is 6.61 Å². The van der Waals surface area contributed by atoms with Crippen LogP contribution in [0.4, 0.5) is 0 Å². The molecule has 0 amide bonds. The number of aliphatic hydroxyl groups is 3. The lowest BCUT2D eigenvalue weighted by molar-refractivity contribution is -0.345. The Kier molecular flexibility index (Phi) is 7.90. The molecular formula is C32H46O8. The van der Waals surface area contributed by atoms with Crippen LogP contribution in [0, 0.1) is 24.2 Å². The zero-order valence-electron chi connectivity index (χ0n) is 24.5. The number of phenolic OH excluding ortho intramolecular Hbond substituents is 1. The molecule has 5 rings (SSSR count). The van der Waals surface area contributed by atoms with E-state index in [0.717, 1.165) is 43.2 Å². The SMILES string of the molecule is CCCCCC[C@@H]1Cc2cc(O)c3c(C)c2[C@H](O1)[C@H]1[C@@H](O)C=C(CO)[C@H]2CC(C)(C)[C@]2(O)CC[C@]1(C)OOC3=O. The molecule has 4 aliphatic rings. The van der Waals surface area contributed by atoms with Crippen molar-refractivity contribution in [3.05, 3.63) is 40.0 Å². The molecule has 1 fully saturated rings. The quantitative estimate of drug-likeness (QED) is 0.219. The van der Waals surface area contributed by atoms with Gasteiger partial charge in [0.15, 0.2) is 0 Å². The van der Waals surface area contributed by atoms with E-state index >= 15 is 0 Å². The highest BCUT2D eigenvalue weighted by molar-refractivity contribution is 5.94. The van der Waals surface area contributed by atoms with Crippen LogP contribution in [0.1, 0.15) is 112 Å². The van der Waals surface area contributed by atoms with Gasteiger partial charge in [0.1, 0.15) is 16.9 Å². The fraction of sp³-hybridized carbons (Fsp3) is 0.719. The van der Waals surface area contributed by atoms with Gasteiger partial charge in [0.2, 0.25) is 0 Å². The average molecular weight is 559 g/mol. The Hall–Kier alpha value is -1.97. The molecule has 8 nitrogen and oxygen atoms in total. The molecule has 2 heterocycles. The third kappa shape index (κ3) is 4.70. The van der Waals surface area contributed by atoms with Crippen molar-refractivity contribution in [3.63, 3.8) is 0 Å². The number of aromatic hydroxyl groups is 1. The van der Waals surface area contributed by atoms with Crippen LogP contribution in [-0.4, -0.2) is 56.4 Å². The monoisotopic (exact) mass is 558 g/mol. The van der Waals surface area contributed by atoms with Gasteiger partial charge in [0.05, 0.1) is 36.4 Å². The second kappa shape index (κ2) is 10.7. The maximum atomic E-state index is 13.2. The lowest BCUT2D eigenvalue weighted by Gasteiger charge is -2.60. The molecule has 2 aliphatic carbocycles. The Morgan fingerprint density at radius 3 is 2.55 bits per heavy atom. The van der Waals surface area contributed by atoms with Crippen LogP contribution in [0.5, 0.6) is 5.75 Å². The topological polar surface area (TPSA) is 126 Å². The lowest BCUT2D eigenvalue weighted by Crippen LogP contribution is -2.62. The van der Waals surface area contributed by atoms with E-state index in [2.05, 4.69) is 6.92 Å². The van der Waals surface area contributed by atoms with Gasteiger partial charge < -0.3 is 25.2 Å². The average Bonchev–Trinajstić information content (AvgIpc) is 2.94. The summed E-state index contributed by atoms with van der Waals surface area (Å²) >= 11 is 0. The molecule has 2 bridgehead atoms. The van der Waals surface area contributed by atoms with Crippen molar-refractivity contribution in [3.8, 4) is 5.75 Å². The minimum absolute atomic E-state index is 0.0312. The number of carbonyl (C=O) groups is 1. The fourth-order valence-corrected chi connectivity index (χ4v) is 7.99. The summed E-state index contributed by atoms with van der Waals surface area (Å²) in [6.07, 6.45) is 6.84. The van der Waals surface area contributed by atoms with E-state index in [1.54, 1.807) is 26.0 Å². The smallest absolute Gasteiger partial charge is 0.377 e. The molecule has 1 aromatic carbocycles. The molecule has 1 aromatic rings. The van der Waals surface area contributed by atoms with Gasteiger partial charge in [-0.2, -0.15) is 4.89 Å². The van der Waals surface area contributed by atoms with Gasteiger partial charge in [-0.05, 0) is 79.7 Å². The molecule has 0 unspecified atom stereocenters. The van der Waals surface area contributed by atoms with Crippen LogP contribution in [0.2, 0.25) is 0 Å². The van der Waals surface area contributed by atoms with Gasteiger partial charge in [-0.3, -0.25) is 4.89 Å². The highest BCUT2D eigenvalue weighted by Gasteiger charge is 2.62. The summed E-state index contributed by atoms with van der Waals surface area (Å²) in [5.41, 5.74) is 0.0757. The van der Waals surface area contributed by atoms with Crippen LogP contribution in [-0.2, 0) is 20.9 Å². The zero-order chi connectivity index (χ0) is 29.0. The van der Waals surface area contributed by atoms with Crippen LogP contribution in [0.25, 0.3) is 0 Å². The second-order valence-electron chi connectivity index (χ2n) is 13.4. The number of ether oxygens (including phenoxy) is 1. The fourth-order valence-electron chi connectivity index (χ4n) is 7.99. The number of unbranched alkanes of at least 4 members (excludes halogenated alkanes) is 3. The van der Waals surface area contributed by atoms with Crippen molar-refractivity contribution in [1.82, 2.24) is 0 Å². The van der Waals surface area contributed by atoms with Gasteiger partial charge in [0.25, 0.3) is 0 Å². The molecule has 0 saturated heterocycles. The number of carbonyl (C=O) groups excluding carboxylic acids is 1. The van der Waals surface area contributed by atoms with Crippen LogP contribution >= 0.6 is 0 Å². The van der Waals surface area contributed by atoms with Gasteiger partial charge in [-0.1, -0.05) is 52.5 Å². The number of benzene rings is 1. The first kappa shape index (κ1) is 29.5. The minimum atomic E-state index is -1.25. The Morgan fingerprint density at radius 1 is 1.12 bits per heavy atom. The molecule has 1 saturated carbocycles. The molecule has 4 N–H and O–H groups in total. The number of phenols is 1. The molecule has 222 valence electrons. The van der Waals surface area contributed by atoms with Crippen molar-refractivity contribution in [2.45, 2.75) is 122 Å². The summed E-state index contributed by atoms with van der Waals surface area (Å²) in [5, 5.41) is 45.1. The highest BCUT2D eigenvalue weighted by atomic mass is 17.2. The Balaban J connectivity index is 1.64. The summed E-state index contributed by atoms with van der Waals surface area (Å²) < 4.78 is 6.84. The van der Waals surface area contributed by atoms with Crippen LogP contribution in [0.15, 0.2) is 17.7 Å². The van der Waals surface area contributed by atoms with Gasteiger partial charge in [0, 0.05) is 5.92 Å². The maximum Gasteiger partial charge on any atom is 0.377 e. The minimum Gasteiger partial charge on any atom is -0.507 e. The van der Waals surface area contributed by atoms with Gasteiger partial charge in [-0.15, -0.1) is 0 Å². The Labute approximate surface area is 237 Å². The first-order valence-corrected chi connectivity index (χ1v) is 15.0. The van der Waals surface area contributed by atoms with E-state index in [4.69, 9.17) is 14.5 Å². The second-order valence-corrected chi connectivity index (χ2v) is 13.4.